The molecule has 4 rings (SSSR count). The Bertz CT molecular complexity index is 1440. The number of nitrogens with zero attached hydrogens (tertiary/aromatic N) is 1. The Morgan fingerprint density at radius 3 is 1.21 bits per heavy atom. The normalized spacial score (nSPS) is 11.1. The third kappa shape index (κ3) is 9.63. The van der Waals surface area contributed by atoms with Crippen molar-refractivity contribution in [1.82, 2.24) is 4.86 Å². The maximum Gasteiger partial charge on any atom is 0.409 e. The molecule has 0 fully saturated rings. The second-order valence-electron chi connectivity index (χ2n) is 8.43. The van der Waals surface area contributed by atoms with Crippen LogP contribution in [0.25, 0.3) is 0 Å². The summed E-state index contributed by atoms with van der Waals surface area (Å²) in [7, 11) is -1.43. The first kappa shape index (κ1) is 32.2. The Balaban J connectivity index is 1.81. The molecule has 0 heterocycles. The molecule has 0 saturated heterocycles. The van der Waals surface area contributed by atoms with Gasteiger partial charge in [-0.05, 0) is 48.5 Å². The highest BCUT2D eigenvalue weighted by molar-refractivity contribution is 7.71. The second-order valence-corrected chi connectivity index (χ2v) is 13.0. The zero-order valence-corrected chi connectivity index (χ0v) is 26.6. The quantitative estimate of drug-likeness (QED) is 0.112. The summed E-state index contributed by atoms with van der Waals surface area (Å²) in [5.41, 5.74) is 12.2. The van der Waals surface area contributed by atoms with Crippen LogP contribution in [0.2, 0.25) is 0 Å². The number of nitrogens with one attached hydrogen (secondary N) is 1. The van der Waals surface area contributed by atoms with Gasteiger partial charge in [0.1, 0.15) is 46.0 Å². The molecule has 0 radical (unpaired) electrons. The van der Waals surface area contributed by atoms with Crippen LogP contribution in [0, 0.1) is 0 Å². The second kappa shape index (κ2) is 15.6. The summed E-state index contributed by atoms with van der Waals surface area (Å²) in [5, 5.41) is 0. The van der Waals surface area contributed by atoms with E-state index in [2.05, 4.69) is 9.37 Å². The zero-order chi connectivity index (χ0) is 30.7. The maximum absolute atomic E-state index is 6.48. The minimum absolute atomic E-state index is 0.376. The van der Waals surface area contributed by atoms with Crippen LogP contribution in [0.15, 0.2) is 102 Å². The zero-order valence-electron chi connectivity index (χ0n) is 23.9. The highest BCUT2D eigenvalue weighted by atomic mass is 31.3. The summed E-state index contributed by atoms with van der Waals surface area (Å²) in [4.78, 5) is 3.26. The fourth-order valence-electron chi connectivity index (χ4n) is 3.52. The maximum atomic E-state index is 6.48. The molecular formula is C28H33N4O8P3. The molecule has 0 unspecified atom stereocenters. The molecule has 5 N–H and O–H groups in total. The van der Waals surface area contributed by atoms with Crippen molar-refractivity contribution in [3.05, 3.63) is 97.1 Å². The van der Waals surface area contributed by atoms with Crippen LogP contribution in [0.3, 0.4) is 0 Å². The molecule has 43 heavy (non-hydrogen) atoms. The van der Waals surface area contributed by atoms with Crippen molar-refractivity contribution in [1.29, 1.82) is 0 Å². The van der Waals surface area contributed by atoms with Gasteiger partial charge in [0.15, 0.2) is 8.37 Å². The fraction of sp³-hybridized carbons (Fsp3) is 0.143. The lowest BCUT2D eigenvalue weighted by atomic mass is 10.3. The molecule has 0 aromatic heterocycles. The van der Waals surface area contributed by atoms with Gasteiger partial charge in [0, 0.05) is 24.3 Å². The summed E-state index contributed by atoms with van der Waals surface area (Å²) < 4.78 is 51.8. The molecule has 0 spiro atoms. The average Bonchev–Trinajstić information content (AvgIpc) is 3.01. The third-order valence-corrected chi connectivity index (χ3v) is 10.5. The average molecular weight is 647 g/mol. The van der Waals surface area contributed by atoms with Crippen molar-refractivity contribution in [2.24, 2.45) is 15.5 Å². The van der Waals surface area contributed by atoms with Crippen molar-refractivity contribution in [2.45, 2.75) is 0 Å². The van der Waals surface area contributed by atoms with E-state index in [0.29, 0.717) is 46.0 Å². The van der Waals surface area contributed by atoms with Gasteiger partial charge in [-0.15, -0.1) is 4.86 Å². The first-order chi connectivity index (χ1) is 20.8. The lowest BCUT2D eigenvalue weighted by Crippen LogP contribution is -2.20. The molecule has 4 aromatic carbocycles. The van der Waals surface area contributed by atoms with Crippen LogP contribution in [0.5, 0.6) is 46.0 Å². The van der Waals surface area contributed by atoms with Gasteiger partial charge >= 0.3 is 16.2 Å². The van der Waals surface area contributed by atoms with Crippen LogP contribution in [-0.2, 0) is 0 Å². The number of rotatable bonds is 15. The highest BCUT2D eigenvalue weighted by Gasteiger charge is 2.35. The molecule has 228 valence electrons. The molecule has 0 aliphatic rings. The highest BCUT2D eigenvalue weighted by Crippen LogP contribution is 2.59. The molecule has 0 amide bonds. The van der Waals surface area contributed by atoms with Crippen LogP contribution >= 0.6 is 24.6 Å². The first-order valence-corrected chi connectivity index (χ1v) is 16.8. The molecule has 0 aliphatic heterocycles. The number of ether oxygens (including phenoxy) is 4. The summed E-state index contributed by atoms with van der Waals surface area (Å²) in [5.74, 6) is 3.95. The van der Waals surface area contributed by atoms with E-state index < -0.39 is 24.6 Å². The monoisotopic (exact) mass is 646 g/mol. The molecule has 4 aromatic rings. The third-order valence-electron chi connectivity index (χ3n) is 5.43. The Morgan fingerprint density at radius 2 is 0.860 bits per heavy atom. The van der Waals surface area contributed by atoms with Gasteiger partial charge in [-0.1, -0.05) is 24.3 Å². The summed E-state index contributed by atoms with van der Waals surface area (Å²) in [6.07, 6.45) is 0. The van der Waals surface area contributed by atoms with Crippen molar-refractivity contribution in [3.63, 3.8) is 0 Å². The Kier molecular flexibility index (Phi) is 11.7. The first-order valence-electron chi connectivity index (χ1n) is 12.6. The van der Waals surface area contributed by atoms with E-state index in [1.807, 2.05) is 0 Å². The van der Waals surface area contributed by atoms with Crippen molar-refractivity contribution >= 4 is 24.6 Å². The van der Waals surface area contributed by atoms with Gasteiger partial charge in [-0.3, -0.25) is 11.0 Å². The van der Waals surface area contributed by atoms with E-state index in [4.69, 9.17) is 48.1 Å². The van der Waals surface area contributed by atoms with Crippen molar-refractivity contribution < 1.29 is 37.0 Å². The predicted molar refractivity (Wildman–Crippen MR) is 169 cm³/mol. The standard InChI is InChI=1S/C28H33N4O8P3/c1-33-21-9-5-13-25(17-21)37-42(38-26-14-6-10-22(18-26)34-2)32-43(31-41(29)30,39-27-15-7-11-23(19-27)35-3)40-28-16-8-12-24(20-28)36-4/h5-20,32H,29-30H2,1-4H3. The minimum Gasteiger partial charge on any atom is -0.497 e. The molecule has 0 aliphatic carbocycles. The van der Waals surface area contributed by atoms with E-state index >= 15 is 0 Å². The fourth-order valence-corrected chi connectivity index (χ4v) is 8.39. The molecule has 12 nitrogen and oxygen atoms in total. The molecule has 0 saturated carbocycles. The number of hydrogen-bond acceptors (Lipinski definition) is 11. The minimum atomic E-state index is -3.67. The van der Waals surface area contributed by atoms with E-state index in [1.54, 1.807) is 126 Å². The van der Waals surface area contributed by atoms with E-state index in [-0.39, 0.29) is 0 Å². The molecular weight excluding hydrogens is 613 g/mol. The molecule has 0 atom stereocenters. The van der Waals surface area contributed by atoms with Gasteiger partial charge < -0.3 is 37.0 Å². The number of nitrogens with two attached hydrogens (primary N) is 2. The Hall–Kier alpha value is -3.75. The SMILES string of the molecule is COc1cccc(OP(NP(=NP(N)N)(Oc2cccc(OC)c2)Oc2cccc(OC)c2)Oc2cccc(OC)c2)c1. The van der Waals surface area contributed by atoms with Crippen LogP contribution in [0.1, 0.15) is 0 Å². The van der Waals surface area contributed by atoms with Gasteiger partial charge in [0.2, 0.25) is 0 Å². The van der Waals surface area contributed by atoms with E-state index in [1.165, 1.54) is 0 Å². The number of methoxy groups -OCH3 is 4. The lowest BCUT2D eigenvalue weighted by molar-refractivity contribution is 0.406. The largest absolute Gasteiger partial charge is 0.497 e. The van der Waals surface area contributed by atoms with Crippen LogP contribution in [-0.4, -0.2) is 28.4 Å². The van der Waals surface area contributed by atoms with E-state index in [0.717, 1.165) is 0 Å². The van der Waals surface area contributed by atoms with Gasteiger partial charge in [-0.2, -0.15) is 4.52 Å². The summed E-state index contributed by atoms with van der Waals surface area (Å²) in [6, 6.07) is 28.1. The topological polar surface area (TPSA) is 150 Å². The smallest absolute Gasteiger partial charge is 0.409 e. The van der Waals surface area contributed by atoms with Crippen LogP contribution in [0.4, 0.5) is 0 Å². The van der Waals surface area contributed by atoms with Crippen LogP contribution < -0.4 is 52.9 Å². The van der Waals surface area contributed by atoms with Gasteiger partial charge in [0.25, 0.3) is 0 Å². The van der Waals surface area contributed by atoms with Gasteiger partial charge in [-0.25, -0.2) is 0 Å². The van der Waals surface area contributed by atoms with Gasteiger partial charge in [0.05, 0.1) is 28.4 Å². The predicted octanol–water partition coefficient (Wildman–Crippen LogP) is 7.24. The van der Waals surface area contributed by atoms with Crippen molar-refractivity contribution in [3.8, 4) is 46.0 Å². The number of hydrogen-bond donors (Lipinski definition) is 3. The lowest BCUT2D eigenvalue weighted by Gasteiger charge is -2.29. The Labute approximate surface area is 253 Å². The van der Waals surface area contributed by atoms with Crippen molar-refractivity contribution in [2.75, 3.05) is 28.4 Å². The Morgan fingerprint density at radius 1 is 0.535 bits per heavy atom. The summed E-state index contributed by atoms with van der Waals surface area (Å²) >= 11 is 0. The summed E-state index contributed by atoms with van der Waals surface area (Å²) in [6.45, 7) is 0. The molecule has 15 heteroatoms. The number of benzene rings is 4. The van der Waals surface area contributed by atoms with E-state index in [9.17, 15) is 0 Å². The molecule has 0 bridgehead atoms.